The molecule has 5 rings (SSSR count). The van der Waals surface area contributed by atoms with Gasteiger partial charge in [-0.1, -0.05) is 37.6 Å². The van der Waals surface area contributed by atoms with Crippen molar-refractivity contribution in [2.45, 2.75) is 64.9 Å². The van der Waals surface area contributed by atoms with Crippen LogP contribution in [-0.2, 0) is 14.3 Å². The number of aliphatic carboxylic acids is 1. The monoisotopic (exact) mass is 478 g/mol. The second-order valence-corrected chi connectivity index (χ2v) is 11.7. The Morgan fingerprint density at radius 1 is 1.11 bits per heavy atom. The van der Waals surface area contributed by atoms with E-state index in [1.165, 1.54) is 34.5 Å². The first-order chi connectivity index (χ1) is 16.7. The number of hydrogen-bond donors (Lipinski definition) is 1. The molecule has 1 heterocycles. The predicted octanol–water partition coefficient (Wildman–Crippen LogP) is 4.97. The number of aromatic nitrogens is 1. The number of carbonyl (C=O) groups is 2. The summed E-state index contributed by atoms with van der Waals surface area (Å²) >= 11 is 0. The number of carbonyl (C=O) groups excluding carboxylic acids is 1. The third kappa shape index (κ3) is 4.35. The fourth-order valence-electron chi connectivity index (χ4n) is 8.00. The summed E-state index contributed by atoms with van der Waals surface area (Å²) in [6.07, 6.45) is 16.2. The molecule has 1 aromatic heterocycles. The van der Waals surface area contributed by atoms with Gasteiger partial charge in [0.15, 0.2) is 0 Å². The van der Waals surface area contributed by atoms with E-state index in [0.717, 1.165) is 32.1 Å². The molecule has 0 aromatic carbocycles. The molecule has 2 saturated carbocycles. The molecule has 0 saturated heterocycles. The van der Waals surface area contributed by atoms with Crippen molar-refractivity contribution < 1.29 is 19.4 Å². The summed E-state index contributed by atoms with van der Waals surface area (Å²) in [4.78, 5) is 29.1. The van der Waals surface area contributed by atoms with Gasteiger partial charge in [-0.05, 0) is 91.4 Å². The largest absolute Gasteiger partial charge is 0.480 e. The lowest BCUT2D eigenvalue weighted by Gasteiger charge is -2.57. The summed E-state index contributed by atoms with van der Waals surface area (Å²) in [7, 11) is 1.63. The van der Waals surface area contributed by atoms with Gasteiger partial charge in [0.05, 0.1) is 13.1 Å². The van der Waals surface area contributed by atoms with Gasteiger partial charge in [-0.2, -0.15) is 0 Å². The van der Waals surface area contributed by atoms with Crippen LogP contribution in [0, 0.1) is 28.6 Å². The predicted molar refractivity (Wildman–Crippen MR) is 134 cm³/mol. The molecule has 0 unspecified atom stereocenters. The normalized spacial score (nSPS) is 35.9. The molecule has 6 atom stereocenters. The number of esters is 1. The van der Waals surface area contributed by atoms with E-state index in [1.807, 2.05) is 18.5 Å². The Kier molecular flexibility index (Phi) is 6.37. The van der Waals surface area contributed by atoms with Crippen LogP contribution in [-0.4, -0.2) is 53.2 Å². The highest BCUT2D eigenvalue weighted by atomic mass is 16.5. The van der Waals surface area contributed by atoms with E-state index < -0.39 is 5.97 Å². The number of ether oxygens (including phenoxy) is 1. The summed E-state index contributed by atoms with van der Waals surface area (Å²) in [6, 6.07) is 4.26. The van der Waals surface area contributed by atoms with Crippen molar-refractivity contribution in [3.8, 4) is 0 Å². The lowest BCUT2D eigenvalue weighted by Crippen LogP contribution is -2.50. The van der Waals surface area contributed by atoms with Crippen LogP contribution in [0.15, 0.2) is 42.3 Å². The molecule has 0 spiro atoms. The summed E-state index contributed by atoms with van der Waals surface area (Å²) in [6.45, 7) is 4.79. The van der Waals surface area contributed by atoms with Gasteiger partial charge in [0.2, 0.25) is 0 Å². The maximum Gasteiger partial charge on any atom is 0.320 e. The molecule has 188 valence electrons. The molecule has 6 nitrogen and oxygen atoms in total. The minimum absolute atomic E-state index is 0.0103. The molecular weight excluding hydrogens is 440 g/mol. The topological polar surface area (TPSA) is 79.7 Å². The third-order valence-corrected chi connectivity index (χ3v) is 9.71. The molecule has 0 bridgehead atoms. The highest BCUT2D eigenvalue weighted by Crippen LogP contribution is 2.66. The Hall–Kier alpha value is -2.47. The van der Waals surface area contributed by atoms with Gasteiger partial charge in [-0.3, -0.25) is 19.5 Å². The number of allylic oxidation sites excluding steroid dienone is 3. The van der Waals surface area contributed by atoms with Gasteiger partial charge in [0.25, 0.3) is 0 Å². The van der Waals surface area contributed by atoms with Crippen molar-refractivity contribution in [1.82, 2.24) is 9.88 Å². The van der Waals surface area contributed by atoms with E-state index in [4.69, 9.17) is 9.84 Å². The van der Waals surface area contributed by atoms with E-state index in [0.29, 0.717) is 17.8 Å². The van der Waals surface area contributed by atoms with E-state index in [1.54, 1.807) is 7.05 Å². The Morgan fingerprint density at radius 3 is 2.66 bits per heavy atom. The zero-order chi connectivity index (χ0) is 24.8. The molecule has 0 aliphatic heterocycles. The van der Waals surface area contributed by atoms with Gasteiger partial charge in [0.1, 0.15) is 6.10 Å². The van der Waals surface area contributed by atoms with Crippen LogP contribution >= 0.6 is 0 Å². The maximum atomic E-state index is 12.4. The number of carboxylic acids is 1. The lowest BCUT2D eigenvalue weighted by atomic mass is 9.47. The Labute approximate surface area is 208 Å². The summed E-state index contributed by atoms with van der Waals surface area (Å²) < 4.78 is 5.79. The number of carboxylic acid groups (broad SMARTS) is 1. The van der Waals surface area contributed by atoms with Crippen molar-refractivity contribution >= 4 is 17.5 Å². The Balaban J connectivity index is 1.27. The molecule has 2 fully saturated rings. The molecule has 4 aliphatic carbocycles. The van der Waals surface area contributed by atoms with E-state index in [2.05, 4.69) is 37.0 Å². The molecule has 1 aromatic rings. The molecular formula is C29H38N2O4. The fourth-order valence-corrected chi connectivity index (χ4v) is 8.00. The van der Waals surface area contributed by atoms with E-state index >= 15 is 0 Å². The maximum absolute atomic E-state index is 12.4. The van der Waals surface area contributed by atoms with Crippen molar-refractivity contribution in [3.63, 3.8) is 0 Å². The number of pyridine rings is 1. The number of hydrogen-bond acceptors (Lipinski definition) is 5. The smallest absolute Gasteiger partial charge is 0.320 e. The van der Waals surface area contributed by atoms with Gasteiger partial charge in [-0.25, -0.2) is 0 Å². The number of likely N-dealkylation sites (N-methyl/N-ethyl adjacent to an activating group) is 1. The third-order valence-electron chi connectivity index (χ3n) is 9.71. The van der Waals surface area contributed by atoms with Gasteiger partial charge < -0.3 is 9.84 Å². The summed E-state index contributed by atoms with van der Waals surface area (Å²) in [5.74, 6) is 0.776. The fraction of sp³-hybridized carbons (Fsp3) is 0.621. The van der Waals surface area contributed by atoms with Crippen LogP contribution in [0.4, 0.5) is 0 Å². The first-order valence-corrected chi connectivity index (χ1v) is 13.1. The van der Waals surface area contributed by atoms with Gasteiger partial charge in [-0.15, -0.1) is 0 Å². The molecule has 1 N–H and O–H groups in total. The molecule has 0 radical (unpaired) electrons. The van der Waals surface area contributed by atoms with Crippen molar-refractivity contribution in [2.24, 2.45) is 28.6 Å². The highest BCUT2D eigenvalue weighted by Gasteiger charge is 2.57. The van der Waals surface area contributed by atoms with Crippen molar-refractivity contribution in [2.75, 3.05) is 20.1 Å². The number of rotatable bonds is 6. The first kappa shape index (κ1) is 24.2. The molecule has 0 amide bonds. The second-order valence-electron chi connectivity index (χ2n) is 11.7. The van der Waals surface area contributed by atoms with Crippen LogP contribution in [0.1, 0.15) is 64.4 Å². The van der Waals surface area contributed by atoms with Crippen molar-refractivity contribution in [3.05, 3.63) is 47.8 Å². The zero-order valence-corrected chi connectivity index (χ0v) is 21.2. The lowest BCUT2D eigenvalue weighted by molar-refractivity contribution is -0.152. The van der Waals surface area contributed by atoms with Gasteiger partial charge in [0, 0.05) is 18.8 Å². The van der Waals surface area contributed by atoms with Crippen LogP contribution in [0.2, 0.25) is 0 Å². The quantitative estimate of drug-likeness (QED) is 0.460. The number of fused-ring (bicyclic) bond motifs is 5. The molecule has 6 heteroatoms. The van der Waals surface area contributed by atoms with E-state index in [9.17, 15) is 9.59 Å². The average Bonchev–Trinajstić information content (AvgIpc) is 3.16. The van der Waals surface area contributed by atoms with E-state index in [-0.39, 0.29) is 36.0 Å². The zero-order valence-electron chi connectivity index (χ0n) is 21.2. The minimum Gasteiger partial charge on any atom is -0.480 e. The van der Waals surface area contributed by atoms with Gasteiger partial charge >= 0.3 is 11.9 Å². The van der Waals surface area contributed by atoms with Crippen LogP contribution < -0.4 is 0 Å². The Bertz CT molecular complexity index is 1050. The average molecular weight is 479 g/mol. The standard InChI is InChI=1S/C29H38N2O4/c1-28-12-10-21(35-27(34)18-31(3)17-26(32)33)15-20(28)6-7-22-24-9-8-23(19-5-4-14-30-16-19)29(24,2)13-11-25(22)28/h4-6,8,14,16,21-22,24-25H,7,9-13,15,17-18H2,1-3H3,(H,32,33)/t21-,22-,24-,25-,28-,29+/m0/s1. The first-order valence-electron chi connectivity index (χ1n) is 13.1. The Morgan fingerprint density at radius 2 is 1.91 bits per heavy atom. The van der Waals surface area contributed by atoms with Crippen LogP contribution in [0.25, 0.3) is 5.57 Å². The number of nitrogens with zero attached hydrogens (tertiary/aromatic N) is 2. The van der Waals surface area contributed by atoms with Crippen molar-refractivity contribution in [1.29, 1.82) is 0 Å². The SMILES string of the molecule is CN(CC(=O)O)CC(=O)O[C@H]1CC[C@@]2(C)C(=CC[C@@H]3[C@@H]2CC[C@]2(C)C(c4cccnc4)=CC[C@@H]32)C1. The molecule has 35 heavy (non-hydrogen) atoms. The second kappa shape index (κ2) is 9.20. The van der Waals surface area contributed by atoms with Crippen LogP contribution in [0.3, 0.4) is 0 Å². The highest BCUT2D eigenvalue weighted by molar-refractivity contribution is 5.74. The summed E-state index contributed by atoms with van der Waals surface area (Å²) in [5.41, 5.74) is 4.66. The molecule has 4 aliphatic rings. The minimum atomic E-state index is -0.941. The van der Waals surface area contributed by atoms with Crippen LogP contribution in [0.5, 0.6) is 0 Å². The summed E-state index contributed by atoms with van der Waals surface area (Å²) in [5, 5.41) is 8.91.